The van der Waals surface area contributed by atoms with E-state index in [1.54, 1.807) is 0 Å². The van der Waals surface area contributed by atoms with E-state index in [0.717, 1.165) is 12.8 Å². The summed E-state index contributed by atoms with van der Waals surface area (Å²) in [6, 6.07) is 8.48. The van der Waals surface area contributed by atoms with Crippen LogP contribution in [-0.2, 0) is 0 Å². The Morgan fingerprint density at radius 3 is 1.64 bits per heavy atom. The quantitative estimate of drug-likeness (QED) is 0.630. The summed E-state index contributed by atoms with van der Waals surface area (Å²) in [6.45, 7) is 4.05. The van der Waals surface area contributed by atoms with Crippen LogP contribution >= 0.6 is 0 Å². The molecule has 6 atom stereocenters. The molecule has 0 aromatic carbocycles. The van der Waals surface area contributed by atoms with Crippen LogP contribution in [0.15, 0.2) is 0 Å². The molecule has 22 heavy (non-hydrogen) atoms. The molecule has 1 rings (SSSR count). The van der Waals surface area contributed by atoms with E-state index >= 15 is 0 Å². The Morgan fingerprint density at radius 2 is 1.32 bits per heavy atom. The highest BCUT2D eigenvalue weighted by atomic mass is 14.6. The molecule has 0 bridgehead atoms. The number of nitriles is 4. The van der Waals surface area contributed by atoms with Gasteiger partial charge in [0.05, 0.1) is 47.9 Å². The zero-order valence-electron chi connectivity index (χ0n) is 13.2. The second-order valence-electron chi connectivity index (χ2n) is 6.25. The molecule has 5 unspecified atom stereocenters. The second-order valence-corrected chi connectivity index (χ2v) is 6.25. The molecule has 0 aromatic rings. The van der Waals surface area contributed by atoms with Crippen molar-refractivity contribution in [2.24, 2.45) is 35.5 Å². The van der Waals surface area contributed by atoms with Crippen molar-refractivity contribution in [3.8, 4) is 24.3 Å². The maximum atomic E-state index is 9.63. The first kappa shape index (κ1) is 17.7. The highest BCUT2D eigenvalue weighted by molar-refractivity contribution is 6.15. The van der Waals surface area contributed by atoms with Gasteiger partial charge in [0.2, 0.25) is 0 Å². The number of hydrogen-bond donors (Lipinski definition) is 1. The van der Waals surface area contributed by atoms with Gasteiger partial charge in [-0.05, 0) is 5.92 Å². The van der Waals surface area contributed by atoms with Gasteiger partial charge >= 0.3 is 0 Å². The van der Waals surface area contributed by atoms with Crippen LogP contribution in [0.25, 0.3) is 0 Å². The highest BCUT2D eigenvalue weighted by Crippen LogP contribution is 2.56. The topological polar surface area (TPSA) is 119 Å². The summed E-state index contributed by atoms with van der Waals surface area (Å²) in [5, 5.41) is 45.5. The lowest BCUT2D eigenvalue weighted by Gasteiger charge is -2.49. The van der Waals surface area contributed by atoms with E-state index in [1.165, 1.54) is 6.21 Å². The van der Waals surface area contributed by atoms with Crippen LogP contribution < -0.4 is 0 Å². The fraction of sp³-hybridized carbons (Fsp3) is 0.688. The molecular formula is C16H20BN5. The summed E-state index contributed by atoms with van der Waals surface area (Å²) in [7, 11) is 2.05. The largest absolute Gasteiger partial charge is 0.313 e. The standard InChI is InChI=1S/C16H20BN5/c1-3-16(17,4-2)15-13(8-21)11(6-19)10(5-18)12(7-20)14(15)9-22/h8,10-15,21H,3-4,17H2,1-2H3/t10?,11?,12-,13?,14?,15?/m1/s1. The van der Waals surface area contributed by atoms with Crippen LogP contribution in [0.4, 0.5) is 0 Å². The average Bonchev–Trinajstić information content (AvgIpc) is 2.57. The molecule has 1 aliphatic carbocycles. The van der Waals surface area contributed by atoms with Crippen LogP contribution in [0.1, 0.15) is 26.7 Å². The van der Waals surface area contributed by atoms with Gasteiger partial charge in [0, 0.05) is 12.1 Å². The number of nitrogens with one attached hydrogen (secondary N) is 1. The first-order valence-corrected chi connectivity index (χ1v) is 7.58. The Morgan fingerprint density at radius 1 is 0.909 bits per heavy atom. The lowest BCUT2D eigenvalue weighted by Crippen LogP contribution is -2.50. The summed E-state index contributed by atoms with van der Waals surface area (Å²) in [4.78, 5) is 0. The van der Waals surface area contributed by atoms with E-state index in [0.29, 0.717) is 0 Å². The first-order valence-electron chi connectivity index (χ1n) is 7.58. The lowest BCUT2D eigenvalue weighted by atomic mass is 9.45. The molecule has 1 aliphatic rings. The van der Waals surface area contributed by atoms with Gasteiger partial charge in [-0.15, -0.1) is 0 Å². The van der Waals surface area contributed by atoms with Crippen LogP contribution in [0.2, 0.25) is 5.31 Å². The summed E-state index contributed by atoms with van der Waals surface area (Å²) in [5.41, 5.74) is 0. The fourth-order valence-corrected chi connectivity index (χ4v) is 3.85. The van der Waals surface area contributed by atoms with Crippen molar-refractivity contribution >= 4 is 14.1 Å². The van der Waals surface area contributed by atoms with Crippen molar-refractivity contribution in [2.45, 2.75) is 32.0 Å². The molecule has 112 valence electrons. The molecule has 0 amide bonds. The van der Waals surface area contributed by atoms with Crippen molar-refractivity contribution in [3.63, 3.8) is 0 Å². The van der Waals surface area contributed by atoms with Crippen molar-refractivity contribution in [2.75, 3.05) is 0 Å². The van der Waals surface area contributed by atoms with Gasteiger partial charge in [0.25, 0.3) is 0 Å². The summed E-state index contributed by atoms with van der Waals surface area (Å²) in [6.07, 6.45) is 2.80. The minimum absolute atomic E-state index is 0.243. The molecule has 1 fully saturated rings. The molecule has 0 aromatic heterocycles. The van der Waals surface area contributed by atoms with Crippen LogP contribution in [-0.4, -0.2) is 14.1 Å². The van der Waals surface area contributed by atoms with E-state index in [2.05, 4.69) is 18.2 Å². The van der Waals surface area contributed by atoms with Gasteiger partial charge in [-0.25, -0.2) is 0 Å². The Balaban J connectivity index is 3.55. The van der Waals surface area contributed by atoms with Crippen molar-refractivity contribution in [1.29, 1.82) is 26.5 Å². The molecule has 6 heteroatoms. The third kappa shape index (κ3) is 2.58. The van der Waals surface area contributed by atoms with Crippen LogP contribution in [0.3, 0.4) is 0 Å². The predicted octanol–water partition coefficient (Wildman–Crippen LogP) is 2.05. The van der Waals surface area contributed by atoms with Gasteiger partial charge in [-0.1, -0.05) is 32.0 Å². The van der Waals surface area contributed by atoms with Gasteiger partial charge < -0.3 is 5.41 Å². The van der Waals surface area contributed by atoms with E-state index in [-0.39, 0.29) is 11.2 Å². The van der Waals surface area contributed by atoms with Crippen molar-refractivity contribution in [3.05, 3.63) is 0 Å². The van der Waals surface area contributed by atoms with E-state index < -0.39 is 29.6 Å². The van der Waals surface area contributed by atoms with Crippen molar-refractivity contribution in [1.82, 2.24) is 0 Å². The van der Waals surface area contributed by atoms with E-state index in [4.69, 9.17) is 5.41 Å². The maximum Gasteiger partial charge on any atom is 0.109 e. The molecule has 0 heterocycles. The smallest absolute Gasteiger partial charge is 0.109 e. The maximum absolute atomic E-state index is 9.63. The Bertz CT molecular complexity index is 584. The van der Waals surface area contributed by atoms with Gasteiger partial charge in [-0.2, -0.15) is 21.0 Å². The monoisotopic (exact) mass is 293 g/mol. The third-order valence-corrected chi connectivity index (χ3v) is 5.59. The SMILES string of the molecule is BC(CC)(CC)C1C(C=N)C(C#N)C(C#N)[C@@H](C#N)C1C#N. The summed E-state index contributed by atoms with van der Waals surface area (Å²) < 4.78 is 0. The summed E-state index contributed by atoms with van der Waals surface area (Å²) >= 11 is 0. The predicted molar refractivity (Wildman–Crippen MR) is 84.0 cm³/mol. The fourth-order valence-electron chi connectivity index (χ4n) is 3.85. The number of rotatable bonds is 4. The zero-order valence-corrected chi connectivity index (χ0v) is 13.2. The molecule has 0 spiro atoms. The number of hydrogen-bond acceptors (Lipinski definition) is 5. The Hall–Kier alpha value is -2.31. The van der Waals surface area contributed by atoms with E-state index in [9.17, 15) is 21.0 Å². The minimum Gasteiger partial charge on any atom is -0.313 e. The van der Waals surface area contributed by atoms with E-state index in [1.807, 2.05) is 27.8 Å². The molecule has 5 nitrogen and oxygen atoms in total. The van der Waals surface area contributed by atoms with Crippen LogP contribution in [0.5, 0.6) is 0 Å². The summed E-state index contributed by atoms with van der Waals surface area (Å²) in [5.74, 6) is -3.66. The highest BCUT2D eigenvalue weighted by Gasteiger charge is 2.55. The normalized spacial score (nSPS) is 34.5. The molecule has 0 radical (unpaired) electrons. The van der Waals surface area contributed by atoms with Gasteiger partial charge in [0.15, 0.2) is 0 Å². The average molecular weight is 293 g/mol. The first-order chi connectivity index (χ1) is 10.5. The Kier molecular flexibility index (Phi) is 5.73. The molecular weight excluding hydrogens is 273 g/mol. The number of nitrogens with zero attached hydrogens (tertiary/aromatic N) is 4. The molecule has 1 saturated carbocycles. The third-order valence-electron chi connectivity index (χ3n) is 5.59. The molecule has 0 aliphatic heterocycles. The van der Waals surface area contributed by atoms with Crippen molar-refractivity contribution < 1.29 is 0 Å². The van der Waals surface area contributed by atoms with Gasteiger partial charge in [-0.3, -0.25) is 0 Å². The molecule has 1 N–H and O–H groups in total. The minimum atomic E-state index is -0.819. The zero-order chi connectivity index (χ0) is 16.9. The molecule has 0 saturated heterocycles. The lowest BCUT2D eigenvalue weighted by molar-refractivity contribution is 0.0818. The van der Waals surface area contributed by atoms with Gasteiger partial charge in [0.1, 0.15) is 7.85 Å². The second kappa shape index (κ2) is 7.11. The Labute approximate surface area is 133 Å². The van der Waals surface area contributed by atoms with Crippen LogP contribution in [0, 0.1) is 86.2 Å².